The minimum absolute atomic E-state index is 0.0844. The van der Waals surface area contributed by atoms with Gasteiger partial charge < -0.3 is 4.42 Å². The Kier molecular flexibility index (Phi) is 3.49. The second-order valence-corrected chi connectivity index (χ2v) is 5.82. The molecule has 2 aliphatic heterocycles. The molecule has 20 heavy (non-hydrogen) atoms. The lowest BCUT2D eigenvalue weighted by atomic mass is 10.1. The van der Waals surface area contributed by atoms with Crippen molar-refractivity contribution in [1.29, 1.82) is 5.41 Å². The van der Waals surface area contributed by atoms with E-state index in [1.54, 1.807) is 17.0 Å². The predicted molar refractivity (Wildman–Crippen MR) is 81.9 cm³/mol. The second kappa shape index (κ2) is 5.29. The highest BCUT2D eigenvalue weighted by molar-refractivity contribution is 8.19. The van der Waals surface area contributed by atoms with Crippen molar-refractivity contribution in [3.8, 4) is 0 Å². The van der Waals surface area contributed by atoms with E-state index in [1.807, 2.05) is 6.92 Å². The minimum atomic E-state index is -0.442. The van der Waals surface area contributed by atoms with Crippen LogP contribution in [0.15, 0.2) is 37.8 Å². The first-order chi connectivity index (χ1) is 9.70. The summed E-state index contributed by atoms with van der Waals surface area (Å²) in [5, 5.41) is 9.34. The topological polar surface area (TPSA) is 82.0 Å². The van der Waals surface area contributed by atoms with Crippen molar-refractivity contribution in [3.05, 3.63) is 29.7 Å². The number of fused-ring (bicyclic) bond motifs is 1. The third-order valence-corrected chi connectivity index (χ3v) is 4.24. The van der Waals surface area contributed by atoms with Crippen LogP contribution in [0, 0.1) is 5.41 Å². The molecule has 6 nitrogen and oxygen atoms in total. The molecule has 8 heteroatoms. The molecule has 0 spiro atoms. The summed E-state index contributed by atoms with van der Waals surface area (Å²) < 4.78 is 9.42. The van der Waals surface area contributed by atoms with E-state index < -0.39 is 5.91 Å². The maximum atomic E-state index is 12.0. The Morgan fingerprint density at radius 1 is 1.60 bits per heavy atom. The zero-order valence-corrected chi connectivity index (χ0v) is 12.1. The van der Waals surface area contributed by atoms with Crippen LogP contribution in [0.25, 0.3) is 6.08 Å². The minimum Gasteiger partial charge on any atom is -0.465 e. The van der Waals surface area contributed by atoms with Gasteiger partial charge in [0, 0.05) is 0 Å². The van der Waals surface area contributed by atoms with E-state index >= 15 is 0 Å². The smallest absolute Gasteiger partial charge is 0.283 e. The van der Waals surface area contributed by atoms with E-state index in [9.17, 15) is 4.79 Å². The second-order valence-electron chi connectivity index (χ2n) is 3.86. The number of thioether (sulfide) groups is 1. The summed E-state index contributed by atoms with van der Waals surface area (Å²) in [5.41, 5.74) is 0.204. The van der Waals surface area contributed by atoms with Crippen molar-refractivity contribution < 1.29 is 9.21 Å². The number of carbonyl (C=O) groups excluding carboxylic acids is 1. The van der Waals surface area contributed by atoms with Crippen LogP contribution < -0.4 is 0 Å². The fourth-order valence-corrected chi connectivity index (χ4v) is 3.31. The van der Waals surface area contributed by atoms with E-state index in [-0.39, 0.29) is 11.4 Å². The lowest BCUT2D eigenvalue weighted by Gasteiger charge is -2.23. The average molecular weight is 306 g/mol. The van der Waals surface area contributed by atoms with Gasteiger partial charge in [-0.3, -0.25) is 10.2 Å². The first-order valence-corrected chi connectivity index (χ1v) is 7.61. The normalized spacial score (nSPS) is 20.2. The van der Waals surface area contributed by atoms with Gasteiger partial charge in [0.15, 0.2) is 5.17 Å². The van der Waals surface area contributed by atoms with Gasteiger partial charge in [-0.25, -0.2) is 4.90 Å². The summed E-state index contributed by atoms with van der Waals surface area (Å²) in [6.07, 6.45) is 3.05. The SMILES string of the molecule is CCSC1=NSC2=NC(=O)/C(=C\c3ccco3)C(=N)N12. The molecule has 0 fully saturated rings. The number of hydrogen-bond acceptors (Lipinski definition) is 6. The molecule has 1 amide bonds. The van der Waals surface area contributed by atoms with Gasteiger partial charge >= 0.3 is 0 Å². The van der Waals surface area contributed by atoms with Crippen LogP contribution in [0.3, 0.4) is 0 Å². The van der Waals surface area contributed by atoms with E-state index in [1.165, 1.54) is 24.1 Å². The maximum Gasteiger partial charge on any atom is 0.283 e. The Bertz CT molecular complexity index is 661. The summed E-state index contributed by atoms with van der Waals surface area (Å²) in [7, 11) is 0. The van der Waals surface area contributed by atoms with Crippen molar-refractivity contribution in [2.45, 2.75) is 6.92 Å². The molecule has 1 N–H and O–H groups in total. The number of amidine groups is 3. The number of hydrogen-bond donors (Lipinski definition) is 1. The van der Waals surface area contributed by atoms with Crippen molar-refractivity contribution in [1.82, 2.24) is 4.90 Å². The Hall–Kier alpha value is -1.80. The molecule has 0 atom stereocenters. The Labute approximate surface area is 123 Å². The molecule has 1 aromatic heterocycles. The van der Waals surface area contributed by atoms with E-state index in [0.29, 0.717) is 16.1 Å². The molecule has 3 rings (SSSR count). The number of amides is 1. The lowest BCUT2D eigenvalue weighted by molar-refractivity contribution is -0.114. The molecule has 0 unspecified atom stereocenters. The van der Waals surface area contributed by atoms with E-state index in [4.69, 9.17) is 9.83 Å². The van der Waals surface area contributed by atoms with Crippen LogP contribution in [0.1, 0.15) is 12.7 Å². The molecule has 0 saturated carbocycles. The lowest BCUT2D eigenvalue weighted by Crippen LogP contribution is -2.41. The van der Waals surface area contributed by atoms with Gasteiger partial charge in [0.2, 0.25) is 5.17 Å². The largest absolute Gasteiger partial charge is 0.465 e. The van der Waals surface area contributed by atoms with Crippen LogP contribution in [-0.4, -0.2) is 32.7 Å². The van der Waals surface area contributed by atoms with Crippen LogP contribution in [0.2, 0.25) is 0 Å². The van der Waals surface area contributed by atoms with Crippen molar-refractivity contribution in [2.75, 3.05) is 5.75 Å². The number of nitrogens with zero attached hydrogens (tertiary/aromatic N) is 3. The molecule has 0 bridgehead atoms. The summed E-state index contributed by atoms with van der Waals surface area (Å²) in [6.45, 7) is 2.01. The third-order valence-electron chi connectivity index (χ3n) is 2.60. The number of aliphatic imine (C=N–C) groups is 1. The van der Waals surface area contributed by atoms with Crippen molar-refractivity contribution >= 4 is 51.9 Å². The average Bonchev–Trinajstić information content (AvgIpc) is 3.05. The highest BCUT2D eigenvalue weighted by atomic mass is 32.2. The van der Waals surface area contributed by atoms with Gasteiger partial charge in [-0.05, 0) is 24.0 Å². The maximum absolute atomic E-state index is 12.0. The van der Waals surface area contributed by atoms with Gasteiger partial charge in [-0.15, -0.1) is 0 Å². The van der Waals surface area contributed by atoms with E-state index in [2.05, 4.69) is 9.39 Å². The molecule has 0 saturated heterocycles. The summed E-state index contributed by atoms with van der Waals surface area (Å²) in [5.74, 6) is 0.996. The van der Waals surface area contributed by atoms with Crippen LogP contribution in [0.4, 0.5) is 0 Å². The summed E-state index contributed by atoms with van der Waals surface area (Å²) in [6, 6.07) is 3.45. The molecule has 102 valence electrons. The third kappa shape index (κ3) is 2.20. The van der Waals surface area contributed by atoms with Crippen molar-refractivity contribution in [2.24, 2.45) is 9.39 Å². The highest BCUT2D eigenvalue weighted by Gasteiger charge is 2.37. The quantitative estimate of drug-likeness (QED) is 0.671. The number of carbonyl (C=O) groups is 1. The standard InChI is InChI=1S/C12H10N4O2S2/c1-2-19-12-15-20-11-14-10(17)8(9(13)16(11)12)6-7-4-3-5-18-7/h3-6,13H,2H2,1H3/b8-6-,13-9?. The first kappa shape index (κ1) is 13.2. The van der Waals surface area contributed by atoms with Gasteiger partial charge in [-0.1, -0.05) is 18.7 Å². The molecule has 3 heterocycles. The highest BCUT2D eigenvalue weighted by Crippen LogP contribution is 2.31. The predicted octanol–water partition coefficient (Wildman–Crippen LogP) is 2.61. The Morgan fingerprint density at radius 3 is 3.15 bits per heavy atom. The Morgan fingerprint density at radius 2 is 2.45 bits per heavy atom. The molecule has 0 aromatic carbocycles. The van der Waals surface area contributed by atoms with Gasteiger partial charge in [0.05, 0.1) is 23.8 Å². The van der Waals surface area contributed by atoms with Gasteiger partial charge in [0.1, 0.15) is 11.6 Å². The molecular weight excluding hydrogens is 296 g/mol. The molecule has 0 aliphatic carbocycles. The van der Waals surface area contributed by atoms with Crippen LogP contribution in [0.5, 0.6) is 0 Å². The molecule has 1 aromatic rings. The molecule has 2 aliphatic rings. The Balaban J connectivity index is 1.98. The number of furan rings is 1. The fourth-order valence-electron chi connectivity index (χ4n) is 1.74. The zero-order chi connectivity index (χ0) is 14.1. The molecular formula is C12H10N4O2S2. The van der Waals surface area contributed by atoms with Crippen LogP contribution in [-0.2, 0) is 4.79 Å². The summed E-state index contributed by atoms with van der Waals surface area (Å²) >= 11 is 2.63. The van der Waals surface area contributed by atoms with E-state index in [0.717, 1.165) is 17.7 Å². The fraction of sp³-hybridized carbons (Fsp3) is 0.167. The van der Waals surface area contributed by atoms with Gasteiger partial charge in [-0.2, -0.15) is 9.39 Å². The molecule has 0 radical (unpaired) electrons. The first-order valence-electron chi connectivity index (χ1n) is 5.85. The zero-order valence-electron chi connectivity index (χ0n) is 10.5. The summed E-state index contributed by atoms with van der Waals surface area (Å²) in [4.78, 5) is 17.6. The van der Waals surface area contributed by atoms with Crippen molar-refractivity contribution in [3.63, 3.8) is 0 Å². The monoisotopic (exact) mass is 306 g/mol. The van der Waals surface area contributed by atoms with Crippen LogP contribution >= 0.6 is 23.7 Å². The number of rotatable bonds is 2. The van der Waals surface area contributed by atoms with Gasteiger partial charge in [0.25, 0.3) is 5.91 Å². The number of nitrogens with one attached hydrogen (secondary N) is 1.